The maximum Gasteiger partial charge on any atom is 0.222 e. The lowest BCUT2D eigenvalue weighted by Gasteiger charge is -2.30. The lowest BCUT2D eigenvalue weighted by molar-refractivity contribution is -0.130. The highest BCUT2D eigenvalue weighted by Crippen LogP contribution is 2.31. The summed E-state index contributed by atoms with van der Waals surface area (Å²) in [5, 5.41) is 10.2. The van der Waals surface area contributed by atoms with Gasteiger partial charge in [-0.3, -0.25) is 14.7 Å². The number of nitrogens with one attached hydrogen (secondary N) is 2. The minimum atomic E-state index is -0.506. The molecular formula is C23H31FN4O3. The Labute approximate surface area is 182 Å². The third-order valence-electron chi connectivity index (χ3n) is 6.21. The Bertz CT molecular complexity index is 939. The minimum absolute atomic E-state index is 0.0132. The topological polar surface area (TPSA) is 87.3 Å². The molecule has 0 bridgehead atoms. The van der Waals surface area contributed by atoms with Crippen LogP contribution in [0.25, 0.3) is 0 Å². The number of amides is 2. The first-order valence-electron chi connectivity index (χ1n) is 10.6. The van der Waals surface area contributed by atoms with Crippen molar-refractivity contribution in [3.8, 4) is 5.75 Å². The summed E-state index contributed by atoms with van der Waals surface area (Å²) in [7, 11) is 3.23. The number of benzene rings is 1. The van der Waals surface area contributed by atoms with Gasteiger partial charge in [0.1, 0.15) is 0 Å². The molecule has 31 heavy (non-hydrogen) atoms. The zero-order valence-corrected chi connectivity index (χ0v) is 18.7. The van der Waals surface area contributed by atoms with Crippen molar-refractivity contribution in [1.82, 2.24) is 20.4 Å². The van der Waals surface area contributed by atoms with Gasteiger partial charge >= 0.3 is 0 Å². The van der Waals surface area contributed by atoms with Crippen LogP contribution in [0.2, 0.25) is 0 Å². The van der Waals surface area contributed by atoms with E-state index in [1.54, 1.807) is 24.1 Å². The van der Waals surface area contributed by atoms with E-state index in [1.807, 2.05) is 13.8 Å². The molecule has 1 aliphatic heterocycles. The predicted octanol–water partition coefficient (Wildman–Crippen LogP) is 2.85. The average Bonchev–Trinajstić information content (AvgIpc) is 3.27. The van der Waals surface area contributed by atoms with Gasteiger partial charge in [-0.25, -0.2) is 4.39 Å². The third-order valence-corrected chi connectivity index (χ3v) is 6.21. The summed E-state index contributed by atoms with van der Waals surface area (Å²) >= 11 is 0. The van der Waals surface area contributed by atoms with E-state index in [1.165, 1.54) is 13.2 Å². The molecule has 1 saturated heterocycles. The molecule has 7 nitrogen and oxygen atoms in total. The quantitative estimate of drug-likeness (QED) is 0.640. The molecule has 1 fully saturated rings. The Morgan fingerprint density at radius 2 is 2.13 bits per heavy atom. The highest BCUT2D eigenvalue weighted by atomic mass is 19.1. The van der Waals surface area contributed by atoms with Crippen LogP contribution in [0.15, 0.2) is 18.2 Å². The Hall–Kier alpha value is -2.90. The number of likely N-dealkylation sites (N-methyl/N-ethyl adjacent to an activating group) is 1. The molecule has 1 aromatic carbocycles. The van der Waals surface area contributed by atoms with Crippen LogP contribution in [0, 0.1) is 19.7 Å². The van der Waals surface area contributed by atoms with Gasteiger partial charge in [0.25, 0.3) is 0 Å². The molecule has 0 saturated carbocycles. The smallest absolute Gasteiger partial charge is 0.222 e. The first kappa shape index (κ1) is 22.8. The van der Waals surface area contributed by atoms with E-state index >= 15 is 0 Å². The van der Waals surface area contributed by atoms with Crippen molar-refractivity contribution in [2.75, 3.05) is 20.7 Å². The summed E-state index contributed by atoms with van der Waals surface area (Å²) in [6.45, 7) is 4.54. The SMILES string of the molecule is COc1cc(C[C@@]2(CCC(=O)N(C)CCc3c(C)n[nH]c3C)CCC(=O)N2)ccc1F. The Morgan fingerprint density at radius 1 is 1.35 bits per heavy atom. The maximum absolute atomic E-state index is 13.8. The van der Waals surface area contributed by atoms with Crippen LogP contribution in [0.5, 0.6) is 5.75 Å². The second-order valence-electron chi connectivity index (χ2n) is 8.45. The van der Waals surface area contributed by atoms with Gasteiger partial charge in [0.05, 0.1) is 12.8 Å². The maximum atomic E-state index is 13.8. The highest BCUT2D eigenvalue weighted by molar-refractivity contribution is 5.80. The summed E-state index contributed by atoms with van der Waals surface area (Å²) in [5.41, 5.74) is 3.49. The molecule has 3 rings (SSSR count). The van der Waals surface area contributed by atoms with Crippen LogP contribution >= 0.6 is 0 Å². The van der Waals surface area contributed by atoms with E-state index in [2.05, 4.69) is 15.5 Å². The molecule has 2 amide bonds. The molecule has 2 aromatic rings. The molecule has 1 aliphatic rings. The van der Waals surface area contributed by atoms with Crippen molar-refractivity contribution in [2.24, 2.45) is 0 Å². The van der Waals surface area contributed by atoms with Crippen molar-refractivity contribution < 1.29 is 18.7 Å². The van der Waals surface area contributed by atoms with E-state index in [0.29, 0.717) is 38.6 Å². The van der Waals surface area contributed by atoms with Gasteiger partial charge in [-0.2, -0.15) is 5.10 Å². The van der Waals surface area contributed by atoms with Gasteiger partial charge in [-0.05, 0) is 62.8 Å². The highest BCUT2D eigenvalue weighted by Gasteiger charge is 2.38. The molecule has 0 unspecified atom stereocenters. The number of nitrogens with zero attached hydrogens (tertiary/aromatic N) is 2. The van der Waals surface area contributed by atoms with Crippen LogP contribution in [0.4, 0.5) is 4.39 Å². The Balaban J connectivity index is 1.61. The predicted molar refractivity (Wildman–Crippen MR) is 115 cm³/mol. The van der Waals surface area contributed by atoms with Crippen LogP contribution < -0.4 is 10.1 Å². The van der Waals surface area contributed by atoms with Crippen molar-refractivity contribution in [1.29, 1.82) is 0 Å². The number of hydrogen-bond acceptors (Lipinski definition) is 4. The zero-order valence-electron chi connectivity index (χ0n) is 18.7. The van der Waals surface area contributed by atoms with E-state index in [0.717, 1.165) is 28.9 Å². The van der Waals surface area contributed by atoms with Crippen molar-refractivity contribution in [3.05, 3.63) is 46.5 Å². The second kappa shape index (κ2) is 9.49. The zero-order chi connectivity index (χ0) is 22.6. The van der Waals surface area contributed by atoms with E-state index in [9.17, 15) is 14.0 Å². The first-order chi connectivity index (χ1) is 14.7. The molecule has 0 spiro atoms. The fraction of sp³-hybridized carbons (Fsp3) is 0.522. The summed E-state index contributed by atoms with van der Waals surface area (Å²) in [5.74, 6) is -0.218. The number of methoxy groups -OCH3 is 1. The van der Waals surface area contributed by atoms with Gasteiger partial charge in [-0.1, -0.05) is 6.07 Å². The second-order valence-corrected chi connectivity index (χ2v) is 8.45. The Kier molecular flexibility index (Phi) is 6.97. The minimum Gasteiger partial charge on any atom is -0.494 e. The fourth-order valence-corrected chi connectivity index (χ4v) is 4.27. The number of carbonyl (C=O) groups is 2. The van der Waals surface area contributed by atoms with Crippen LogP contribution in [-0.2, 0) is 22.4 Å². The largest absolute Gasteiger partial charge is 0.494 e. The first-order valence-corrected chi connectivity index (χ1v) is 10.6. The van der Waals surface area contributed by atoms with E-state index in [4.69, 9.17) is 4.74 Å². The molecule has 0 aliphatic carbocycles. The summed E-state index contributed by atoms with van der Waals surface area (Å²) in [4.78, 5) is 26.5. The number of halogens is 1. The summed E-state index contributed by atoms with van der Waals surface area (Å²) in [6.07, 6.45) is 3.22. The molecule has 2 N–H and O–H groups in total. The van der Waals surface area contributed by atoms with Gasteiger partial charge in [0, 0.05) is 37.7 Å². The molecular weight excluding hydrogens is 399 g/mol. The summed E-state index contributed by atoms with van der Waals surface area (Å²) in [6, 6.07) is 4.73. The third kappa shape index (κ3) is 5.42. The van der Waals surface area contributed by atoms with Crippen LogP contribution in [0.1, 0.15) is 48.2 Å². The average molecular weight is 431 g/mol. The number of rotatable bonds is 9. The monoisotopic (exact) mass is 430 g/mol. The number of carbonyl (C=O) groups excluding carboxylic acids is 2. The van der Waals surface area contributed by atoms with Gasteiger partial charge in [-0.15, -0.1) is 0 Å². The number of ether oxygens (including phenoxy) is 1. The standard InChI is InChI=1S/C23H31FN4O3/c1-15-18(16(2)27-26-15)9-12-28(3)22(30)8-11-23(10-7-21(29)25-23)14-17-5-6-19(24)20(13-17)31-4/h5-6,13H,7-12,14H2,1-4H3,(H,25,29)(H,26,27)/t23-/m0/s1. The number of aryl methyl sites for hydroxylation is 2. The normalized spacial score (nSPS) is 18.2. The molecule has 168 valence electrons. The lowest BCUT2D eigenvalue weighted by atomic mass is 9.84. The van der Waals surface area contributed by atoms with Gasteiger partial charge < -0.3 is 15.0 Å². The van der Waals surface area contributed by atoms with Crippen LogP contribution in [0.3, 0.4) is 0 Å². The lowest BCUT2D eigenvalue weighted by Crippen LogP contribution is -2.44. The molecule has 1 atom stereocenters. The van der Waals surface area contributed by atoms with Crippen molar-refractivity contribution in [2.45, 2.75) is 57.9 Å². The van der Waals surface area contributed by atoms with Crippen molar-refractivity contribution in [3.63, 3.8) is 0 Å². The number of hydrogen-bond donors (Lipinski definition) is 2. The van der Waals surface area contributed by atoms with Gasteiger partial charge in [0.15, 0.2) is 11.6 Å². The molecule has 8 heteroatoms. The number of aromatic amines is 1. The molecule has 2 heterocycles. The van der Waals surface area contributed by atoms with Gasteiger partial charge in [0.2, 0.25) is 11.8 Å². The van der Waals surface area contributed by atoms with Crippen LogP contribution in [-0.4, -0.2) is 53.2 Å². The molecule has 0 radical (unpaired) electrons. The van der Waals surface area contributed by atoms with E-state index < -0.39 is 11.4 Å². The molecule has 1 aromatic heterocycles. The number of H-pyrrole nitrogens is 1. The fourth-order valence-electron chi connectivity index (χ4n) is 4.27. The van der Waals surface area contributed by atoms with E-state index in [-0.39, 0.29) is 17.6 Å². The summed E-state index contributed by atoms with van der Waals surface area (Å²) < 4.78 is 18.8. The van der Waals surface area contributed by atoms with Crippen molar-refractivity contribution >= 4 is 11.8 Å². The Morgan fingerprint density at radius 3 is 2.74 bits per heavy atom. The number of aromatic nitrogens is 2.